The van der Waals surface area contributed by atoms with Crippen LogP contribution in [-0.4, -0.2) is 20.4 Å². The van der Waals surface area contributed by atoms with E-state index in [0.29, 0.717) is 5.58 Å². The van der Waals surface area contributed by atoms with Crippen molar-refractivity contribution in [2.75, 3.05) is 0 Å². The normalized spacial score (nSPS) is 12.8. The summed E-state index contributed by atoms with van der Waals surface area (Å²) in [6.45, 7) is 7.66. The Bertz CT molecular complexity index is 1290. The number of carbonyl (C=O) groups is 1. The van der Waals surface area contributed by atoms with Gasteiger partial charge in [0, 0.05) is 17.5 Å². The van der Waals surface area contributed by atoms with E-state index in [0.717, 1.165) is 29.4 Å². The van der Waals surface area contributed by atoms with Crippen molar-refractivity contribution < 1.29 is 22.4 Å². The molecule has 3 aromatic rings. The summed E-state index contributed by atoms with van der Waals surface area (Å²) in [4.78, 5) is 24.9. The molecule has 0 saturated heterocycles. The van der Waals surface area contributed by atoms with Crippen LogP contribution in [-0.2, 0) is 21.2 Å². The van der Waals surface area contributed by atoms with Gasteiger partial charge in [-0.2, -0.15) is 4.72 Å². The minimum Gasteiger partial charge on any atom is -0.425 e. The van der Waals surface area contributed by atoms with Crippen molar-refractivity contribution in [3.05, 3.63) is 70.1 Å². The van der Waals surface area contributed by atoms with Crippen LogP contribution in [0.3, 0.4) is 0 Å². The SMILES string of the molecule is CCCc1cc(=O)oc2cc(OC(=O)[C@@H](CC(C)C)NS(=O)(=O)c3ccc(C)cc3)ccc12. The number of aryl methyl sites for hydroxylation is 2. The Morgan fingerprint density at radius 3 is 2.42 bits per heavy atom. The largest absolute Gasteiger partial charge is 0.425 e. The van der Waals surface area contributed by atoms with Gasteiger partial charge in [0.05, 0.1) is 4.90 Å². The highest BCUT2D eigenvalue weighted by molar-refractivity contribution is 7.89. The first-order valence-electron chi connectivity index (χ1n) is 11.0. The molecule has 0 saturated carbocycles. The summed E-state index contributed by atoms with van der Waals surface area (Å²) < 4.78 is 38.9. The molecule has 2 aromatic carbocycles. The highest BCUT2D eigenvalue weighted by Gasteiger charge is 2.28. The van der Waals surface area contributed by atoms with Crippen molar-refractivity contribution in [2.24, 2.45) is 5.92 Å². The maximum absolute atomic E-state index is 12.9. The van der Waals surface area contributed by atoms with Gasteiger partial charge in [-0.3, -0.25) is 0 Å². The molecule has 0 bridgehead atoms. The second-order valence-corrected chi connectivity index (χ2v) is 10.3. The predicted molar refractivity (Wildman–Crippen MR) is 127 cm³/mol. The average molecular weight is 472 g/mol. The summed E-state index contributed by atoms with van der Waals surface area (Å²) in [5, 5.41) is 0.773. The lowest BCUT2D eigenvalue weighted by Gasteiger charge is -2.19. The van der Waals surface area contributed by atoms with E-state index in [9.17, 15) is 18.0 Å². The lowest BCUT2D eigenvalue weighted by Crippen LogP contribution is -2.43. The van der Waals surface area contributed by atoms with Crippen LogP contribution in [0.2, 0.25) is 0 Å². The number of rotatable bonds is 9. The molecule has 0 spiro atoms. The van der Waals surface area contributed by atoms with E-state index in [-0.39, 0.29) is 23.0 Å². The maximum atomic E-state index is 12.9. The molecule has 7 nitrogen and oxygen atoms in total. The lowest BCUT2D eigenvalue weighted by atomic mass is 10.0. The molecule has 0 amide bonds. The van der Waals surface area contributed by atoms with Crippen molar-refractivity contribution in [3.8, 4) is 5.75 Å². The molecule has 0 aliphatic rings. The van der Waals surface area contributed by atoms with Gasteiger partial charge in [0.15, 0.2) is 0 Å². The van der Waals surface area contributed by atoms with E-state index < -0.39 is 27.7 Å². The van der Waals surface area contributed by atoms with Crippen LogP contribution in [0.4, 0.5) is 0 Å². The third-order valence-corrected chi connectivity index (χ3v) is 6.65. The molecule has 1 heterocycles. The summed E-state index contributed by atoms with van der Waals surface area (Å²) in [6.07, 6.45) is 1.85. The van der Waals surface area contributed by atoms with Crippen molar-refractivity contribution in [1.82, 2.24) is 4.72 Å². The highest BCUT2D eigenvalue weighted by atomic mass is 32.2. The van der Waals surface area contributed by atoms with Gasteiger partial charge >= 0.3 is 11.6 Å². The fraction of sp³-hybridized carbons (Fsp3) is 0.360. The smallest absolute Gasteiger partial charge is 0.336 e. The standard InChI is InChI=1S/C25H29NO6S/c1-5-6-18-14-24(27)32-23-15-19(9-12-21(18)23)31-25(28)22(13-16(2)3)26-33(29,30)20-10-7-17(4)8-11-20/h7-12,14-16,22,26H,5-6,13H2,1-4H3/t22-/m1/s1. The molecule has 0 aliphatic heterocycles. The molecule has 0 aliphatic carbocycles. The first kappa shape index (κ1) is 24.7. The summed E-state index contributed by atoms with van der Waals surface area (Å²) >= 11 is 0. The number of hydrogen-bond acceptors (Lipinski definition) is 6. The zero-order valence-corrected chi connectivity index (χ0v) is 20.1. The molecular formula is C25H29NO6S. The van der Waals surface area contributed by atoms with Gasteiger partial charge in [-0.25, -0.2) is 18.0 Å². The summed E-state index contributed by atoms with van der Waals surface area (Å²) in [5.74, 6) is -0.520. The van der Waals surface area contributed by atoms with Crippen LogP contribution in [0.1, 0.15) is 44.7 Å². The van der Waals surface area contributed by atoms with Gasteiger partial charge in [-0.1, -0.05) is 44.9 Å². The van der Waals surface area contributed by atoms with E-state index in [1.807, 2.05) is 27.7 Å². The second kappa shape index (κ2) is 10.3. The molecule has 0 unspecified atom stereocenters. The van der Waals surface area contributed by atoms with Crippen molar-refractivity contribution in [2.45, 2.75) is 57.9 Å². The van der Waals surface area contributed by atoms with Crippen LogP contribution in [0.25, 0.3) is 11.0 Å². The van der Waals surface area contributed by atoms with E-state index in [1.165, 1.54) is 24.3 Å². The van der Waals surface area contributed by atoms with Crippen molar-refractivity contribution in [1.29, 1.82) is 0 Å². The van der Waals surface area contributed by atoms with Crippen LogP contribution in [0.15, 0.2) is 62.6 Å². The summed E-state index contributed by atoms with van der Waals surface area (Å²) in [7, 11) is -3.92. The zero-order valence-electron chi connectivity index (χ0n) is 19.3. The molecule has 0 radical (unpaired) electrons. The number of hydrogen-bond donors (Lipinski definition) is 1. The Kier molecular flexibility index (Phi) is 7.71. The minimum absolute atomic E-state index is 0.0366. The average Bonchev–Trinajstić information content (AvgIpc) is 2.73. The van der Waals surface area contributed by atoms with Gasteiger partial charge < -0.3 is 9.15 Å². The molecule has 33 heavy (non-hydrogen) atoms. The first-order valence-corrected chi connectivity index (χ1v) is 12.4. The van der Waals surface area contributed by atoms with Crippen molar-refractivity contribution in [3.63, 3.8) is 0 Å². The number of nitrogens with one attached hydrogen (secondary N) is 1. The van der Waals surface area contributed by atoms with Gasteiger partial charge in [0.2, 0.25) is 10.0 Å². The van der Waals surface area contributed by atoms with Gasteiger partial charge in [0.25, 0.3) is 0 Å². The molecular weight excluding hydrogens is 442 g/mol. The van der Waals surface area contributed by atoms with Crippen LogP contribution in [0.5, 0.6) is 5.75 Å². The number of carbonyl (C=O) groups excluding carboxylic acids is 1. The van der Waals surface area contributed by atoms with Crippen LogP contribution >= 0.6 is 0 Å². The van der Waals surface area contributed by atoms with E-state index in [1.54, 1.807) is 24.3 Å². The molecule has 8 heteroatoms. The third kappa shape index (κ3) is 6.30. The second-order valence-electron chi connectivity index (χ2n) is 8.54. The van der Waals surface area contributed by atoms with Crippen LogP contribution in [0, 0.1) is 12.8 Å². The first-order chi connectivity index (χ1) is 15.6. The monoisotopic (exact) mass is 471 g/mol. The van der Waals surface area contributed by atoms with Crippen molar-refractivity contribution >= 4 is 27.0 Å². The molecule has 3 rings (SSSR count). The van der Waals surface area contributed by atoms with Gasteiger partial charge in [0.1, 0.15) is 17.4 Å². The quantitative estimate of drug-likeness (QED) is 0.283. The Labute approximate surface area is 193 Å². The number of benzene rings is 2. The minimum atomic E-state index is -3.92. The Morgan fingerprint density at radius 2 is 1.79 bits per heavy atom. The Morgan fingerprint density at radius 1 is 1.09 bits per heavy atom. The fourth-order valence-corrected chi connectivity index (χ4v) is 4.77. The van der Waals surface area contributed by atoms with Crippen LogP contribution < -0.4 is 15.1 Å². The predicted octanol–water partition coefficient (Wildman–Crippen LogP) is 4.35. The summed E-state index contributed by atoms with van der Waals surface area (Å²) in [5.41, 5.74) is 1.64. The zero-order chi connectivity index (χ0) is 24.2. The fourth-order valence-electron chi connectivity index (χ4n) is 3.57. The molecule has 0 fully saturated rings. The van der Waals surface area contributed by atoms with E-state index >= 15 is 0 Å². The highest BCUT2D eigenvalue weighted by Crippen LogP contribution is 2.24. The van der Waals surface area contributed by atoms with Gasteiger partial charge in [-0.05, 0) is 55.5 Å². The maximum Gasteiger partial charge on any atom is 0.336 e. The van der Waals surface area contributed by atoms with E-state index in [2.05, 4.69) is 4.72 Å². The Hall–Kier alpha value is -2.97. The number of sulfonamides is 1. The number of ether oxygens (including phenoxy) is 1. The molecule has 1 aromatic heterocycles. The summed E-state index contributed by atoms with van der Waals surface area (Å²) in [6, 6.07) is 11.6. The lowest BCUT2D eigenvalue weighted by molar-refractivity contribution is -0.136. The van der Waals surface area contributed by atoms with E-state index in [4.69, 9.17) is 9.15 Å². The molecule has 1 N–H and O–H groups in total. The van der Waals surface area contributed by atoms with Gasteiger partial charge in [-0.15, -0.1) is 0 Å². The molecule has 176 valence electrons. The number of esters is 1. The number of fused-ring (bicyclic) bond motifs is 1. The topological polar surface area (TPSA) is 103 Å². The molecule has 1 atom stereocenters. The Balaban J connectivity index is 1.86. The third-order valence-electron chi connectivity index (χ3n) is 5.16.